The van der Waals surface area contributed by atoms with E-state index in [0.717, 1.165) is 32.5 Å². The number of nitrogens with one attached hydrogen (secondary N) is 2. The van der Waals surface area contributed by atoms with Gasteiger partial charge in [0, 0.05) is 12.1 Å². The van der Waals surface area contributed by atoms with Crippen LogP contribution in [0.3, 0.4) is 0 Å². The standard InChI is InChI=1S/C14H29N3O/c1-4-17(5-2)10-6-7-12(3)16-14(18)11-15-13-8-9-13/h12-13,15H,4-11H2,1-3H3,(H,16,18). The number of rotatable bonds is 10. The van der Waals surface area contributed by atoms with E-state index in [1.54, 1.807) is 0 Å². The molecule has 1 atom stereocenters. The fourth-order valence-corrected chi connectivity index (χ4v) is 2.08. The molecule has 4 nitrogen and oxygen atoms in total. The molecule has 0 aromatic rings. The van der Waals surface area contributed by atoms with Gasteiger partial charge in [0.1, 0.15) is 0 Å². The van der Waals surface area contributed by atoms with E-state index in [1.807, 2.05) is 0 Å². The van der Waals surface area contributed by atoms with Crippen molar-refractivity contribution in [3.05, 3.63) is 0 Å². The largest absolute Gasteiger partial charge is 0.353 e. The Hall–Kier alpha value is -0.610. The van der Waals surface area contributed by atoms with E-state index >= 15 is 0 Å². The summed E-state index contributed by atoms with van der Waals surface area (Å²) in [6.45, 7) is 10.3. The molecule has 0 aliphatic heterocycles. The van der Waals surface area contributed by atoms with Crippen LogP contribution in [-0.4, -0.2) is 49.1 Å². The normalized spacial score (nSPS) is 16.9. The first-order valence-electron chi connectivity index (χ1n) is 7.40. The Morgan fingerprint density at radius 2 is 2.00 bits per heavy atom. The molecule has 1 unspecified atom stereocenters. The summed E-state index contributed by atoms with van der Waals surface area (Å²) in [6, 6.07) is 0.891. The average molecular weight is 255 g/mol. The molecule has 1 saturated carbocycles. The van der Waals surface area contributed by atoms with Crippen LogP contribution in [0.2, 0.25) is 0 Å². The monoisotopic (exact) mass is 255 g/mol. The lowest BCUT2D eigenvalue weighted by Gasteiger charge is -2.19. The van der Waals surface area contributed by atoms with Gasteiger partial charge in [-0.25, -0.2) is 0 Å². The fourth-order valence-electron chi connectivity index (χ4n) is 2.08. The van der Waals surface area contributed by atoms with E-state index < -0.39 is 0 Å². The zero-order valence-corrected chi connectivity index (χ0v) is 12.2. The summed E-state index contributed by atoms with van der Waals surface area (Å²) in [5.74, 6) is 0.136. The number of carbonyl (C=O) groups excluding carboxylic acids is 1. The van der Waals surface area contributed by atoms with Crippen LogP contribution in [-0.2, 0) is 4.79 Å². The molecule has 0 aromatic heterocycles. The average Bonchev–Trinajstić information content (AvgIpc) is 3.16. The van der Waals surface area contributed by atoms with Gasteiger partial charge in [0.05, 0.1) is 6.54 Å². The summed E-state index contributed by atoms with van der Waals surface area (Å²) >= 11 is 0. The van der Waals surface area contributed by atoms with Crippen molar-refractivity contribution in [2.45, 2.75) is 58.5 Å². The zero-order chi connectivity index (χ0) is 13.4. The molecular weight excluding hydrogens is 226 g/mol. The predicted molar refractivity (Wildman–Crippen MR) is 75.7 cm³/mol. The third-order valence-corrected chi connectivity index (χ3v) is 3.54. The Balaban J connectivity index is 2.00. The highest BCUT2D eigenvalue weighted by molar-refractivity contribution is 5.78. The molecule has 1 amide bonds. The Labute approximate surface area is 111 Å². The number of nitrogens with zero attached hydrogens (tertiary/aromatic N) is 1. The molecule has 1 fully saturated rings. The summed E-state index contributed by atoms with van der Waals surface area (Å²) in [5.41, 5.74) is 0. The highest BCUT2D eigenvalue weighted by Crippen LogP contribution is 2.17. The maximum absolute atomic E-state index is 11.6. The molecule has 2 N–H and O–H groups in total. The number of hydrogen-bond acceptors (Lipinski definition) is 3. The minimum absolute atomic E-state index is 0.136. The molecule has 0 heterocycles. The lowest BCUT2D eigenvalue weighted by atomic mass is 10.1. The van der Waals surface area contributed by atoms with Crippen molar-refractivity contribution in [2.75, 3.05) is 26.2 Å². The Kier molecular flexibility index (Phi) is 7.28. The molecule has 1 rings (SSSR count). The molecule has 1 aliphatic carbocycles. The first kappa shape index (κ1) is 15.4. The van der Waals surface area contributed by atoms with Crippen LogP contribution in [0.1, 0.15) is 46.5 Å². The summed E-state index contributed by atoms with van der Waals surface area (Å²) < 4.78 is 0. The van der Waals surface area contributed by atoms with E-state index in [9.17, 15) is 4.79 Å². The topological polar surface area (TPSA) is 44.4 Å². The second-order valence-corrected chi connectivity index (χ2v) is 5.29. The van der Waals surface area contributed by atoms with Gasteiger partial charge in [-0.1, -0.05) is 13.8 Å². The highest BCUT2D eigenvalue weighted by atomic mass is 16.1. The maximum atomic E-state index is 11.6. The molecule has 1 aliphatic rings. The van der Waals surface area contributed by atoms with E-state index in [2.05, 4.69) is 36.3 Å². The molecule has 4 heteroatoms. The molecule has 0 bridgehead atoms. The van der Waals surface area contributed by atoms with Gasteiger partial charge in [-0.15, -0.1) is 0 Å². The van der Waals surface area contributed by atoms with Crippen LogP contribution in [0, 0.1) is 0 Å². The lowest BCUT2D eigenvalue weighted by Crippen LogP contribution is -2.40. The van der Waals surface area contributed by atoms with Crippen molar-refractivity contribution in [1.82, 2.24) is 15.5 Å². The van der Waals surface area contributed by atoms with Crippen molar-refractivity contribution in [1.29, 1.82) is 0 Å². The minimum Gasteiger partial charge on any atom is -0.353 e. The first-order chi connectivity index (χ1) is 8.65. The fraction of sp³-hybridized carbons (Fsp3) is 0.929. The molecule has 0 aromatic carbocycles. The molecule has 0 saturated heterocycles. The van der Waals surface area contributed by atoms with Crippen LogP contribution in [0.25, 0.3) is 0 Å². The number of hydrogen-bond donors (Lipinski definition) is 2. The lowest BCUT2D eigenvalue weighted by molar-refractivity contribution is -0.120. The Morgan fingerprint density at radius 3 is 2.56 bits per heavy atom. The third kappa shape index (κ3) is 6.97. The summed E-state index contributed by atoms with van der Waals surface area (Å²) in [7, 11) is 0. The predicted octanol–water partition coefficient (Wildman–Crippen LogP) is 1.37. The van der Waals surface area contributed by atoms with Gasteiger partial charge >= 0.3 is 0 Å². The van der Waals surface area contributed by atoms with Crippen LogP contribution in [0.5, 0.6) is 0 Å². The molecule has 0 radical (unpaired) electrons. The van der Waals surface area contributed by atoms with Gasteiger partial charge in [-0.2, -0.15) is 0 Å². The molecule has 18 heavy (non-hydrogen) atoms. The van der Waals surface area contributed by atoms with Gasteiger partial charge in [0.2, 0.25) is 5.91 Å². The number of amides is 1. The van der Waals surface area contributed by atoms with E-state index in [-0.39, 0.29) is 11.9 Å². The van der Waals surface area contributed by atoms with Crippen molar-refractivity contribution in [3.63, 3.8) is 0 Å². The van der Waals surface area contributed by atoms with Crippen LogP contribution in [0.4, 0.5) is 0 Å². The molecular formula is C14H29N3O. The summed E-state index contributed by atoms with van der Waals surface area (Å²) in [6.07, 6.45) is 4.67. The first-order valence-corrected chi connectivity index (χ1v) is 7.40. The zero-order valence-electron chi connectivity index (χ0n) is 12.2. The van der Waals surface area contributed by atoms with E-state index in [4.69, 9.17) is 0 Å². The number of carbonyl (C=O) groups is 1. The van der Waals surface area contributed by atoms with E-state index in [0.29, 0.717) is 12.6 Å². The third-order valence-electron chi connectivity index (χ3n) is 3.54. The quantitative estimate of drug-likeness (QED) is 0.619. The summed E-state index contributed by atoms with van der Waals surface area (Å²) in [5, 5.41) is 6.29. The van der Waals surface area contributed by atoms with Gasteiger partial charge in [0.15, 0.2) is 0 Å². The van der Waals surface area contributed by atoms with Crippen molar-refractivity contribution in [2.24, 2.45) is 0 Å². The van der Waals surface area contributed by atoms with E-state index in [1.165, 1.54) is 12.8 Å². The highest BCUT2D eigenvalue weighted by Gasteiger charge is 2.21. The van der Waals surface area contributed by atoms with Gasteiger partial charge < -0.3 is 15.5 Å². The van der Waals surface area contributed by atoms with Gasteiger partial charge in [-0.05, 0) is 52.2 Å². The molecule has 0 spiro atoms. The van der Waals surface area contributed by atoms with Crippen molar-refractivity contribution < 1.29 is 4.79 Å². The Morgan fingerprint density at radius 1 is 1.33 bits per heavy atom. The van der Waals surface area contributed by atoms with Crippen LogP contribution < -0.4 is 10.6 Å². The second kappa shape index (κ2) is 8.48. The van der Waals surface area contributed by atoms with Crippen LogP contribution >= 0.6 is 0 Å². The minimum atomic E-state index is 0.136. The van der Waals surface area contributed by atoms with Gasteiger partial charge in [0.25, 0.3) is 0 Å². The molecule has 106 valence electrons. The maximum Gasteiger partial charge on any atom is 0.234 e. The van der Waals surface area contributed by atoms with Gasteiger partial charge in [-0.3, -0.25) is 4.79 Å². The van der Waals surface area contributed by atoms with Crippen LogP contribution in [0.15, 0.2) is 0 Å². The smallest absolute Gasteiger partial charge is 0.234 e. The second-order valence-electron chi connectivity index (χ2n) is 5.29. The van der Waals surface area contributed by atoms with Crippen molar-refractivity contribution in [3.8, 4) is 0 Å². The SMILES string of the molecule is CCN(CC)CCCC(C)NC(=O)CNC1CC1. The Bertz CT molecular complexity index is 237. The van der Waals surface area contributed by atoms with Crippen molar-refractivity contribution >= 4 is 5.91 Å². The summed E-state index contributed by atoms with van der Waals surface area (Å²) in [4.78, 5) is 14.0.